The average Bonchev–Trinajstić information content (AvgIpc) is 2.77. The van der Waals surface area contributed by atoms with Crippen molar-refractivity contribution in [2.45, 2.75) is 31.7 Å². The highest BCUT2D eigenvalue weighted by atomic mass is 35.5. The SMILES string of the molecule is CC(Cl)C(C)(C)Nc1nnnn1-c1ccccc1. The number of nitrogens with one attached hydrogen (secondary N) is 1. The molecule has 0 bridgehead atoms. The van der Waals surface area contributed by atoms with E-state index >= 15 is 0 Å². The Kier molecular flexibility index (Phi) is 3.52. The van der Waals surface area contributed by atoms with Gasteiger partial charge in [0.25, 0.3) is 0 Å². The van der Waals surface area contributed by atoms with Crippen molar-refractivity contribution in [3.05, 3.63) is 30.3 Å². The molecule has 1 aromatic heterocycles. The maximum atomic E-state index is 6.14. The fraction of sp³-hybridized carbons (Fsp3) is 0.417. The van der Waals surface area contributed by atoms with Crippen molar-refractivity contribution in [1.82, 2.24) is 20.2 Å². The highest BCUT2D eigenvalue weighted by molar-refractivity contribution is 6.21. The summed E-state index contributed by atoms with van der Waals surface area (Å²) in [5.74, 6) is 0.582. The molecule has 6 heteroatoms. The van der Waals surface area contributed by atoms with E-state index in [4.69, 9.17) is 11.6 Å². The summed E-state index contributed by atoms with van der Waals surface area (Å²) < 4.78 is 1.65. The Labute approximate surface area is 111 Å². The average molecular weight is 266 g/mol. The number of aromatic nitrogens is 4. The van der Waals surface area contributed by atoms with Gasteiger partial charge < -0.3 is 5.32 Å². The van der Waals surface area contributed by atoms with Gasteiger partial charge in [-0.2, -0.15) is 4.68 Å². The second kappa shape index (κ2) is 4.94. The molecule has 18 heavy (non-hydrogen) atoms. The number of anilines is 1. The van der Waals surface area contributed by atoms with E-state index in [1.54, 1.807) is 4.68 Å². The van der Waals surface area contributed by atoms with Gasteiger partial charge >= 0.3 is 0 Å². The van der Waals surface area contributed by atoms with Crippen molar-refractivity contribution in [1.29, 1.82) is 0 Å². The van der Waals surface area contributed by atoms with E-state index in [-0.39, 0.29) is 10.9 Å². The van der Waals surface area contributed by atoms with Crippen LogP contribution in [0.2, 0.25) is 0 Å². The number of rotatable bonds is 4. The van der Waals surface area contributed by atoms with E-state index in [2.05, 4.69) is 20.8 Å². The third kappa shape index (κ3) is 2.61. The fourth-order valence-electron chi connectivity index (χ4n) is 1.40. The quantitative estimate of drug-likeness (QED) is 0.863. The molecule has 1 unspecified atom stereocenters. The molecular formula is C12H16ClN5. The molecule has 1 heterocycles. The number of halogens is 1. The number of hydrogen-bond acceptors (Lipinski definition) is 4. The van der Waals surface area contributed by atoms with Crippen molar-refractivity contribution in [3.63, 3.8) is 0 Å². The Morgan fingerprint density at radius 3 is 2.56 bits per heavy atom. The summed E-state index contributed by atoms with van der Waals surface area (Å²) in [6.07, 6.45) is 0. The lowest BCUT2D eigenvalue weighted by atomic mass is 10.0. The largest absolute Gasteiger partial charge is 0.346 e. The summed E-state index contributed by atoms with van der Waals surface area (Å²) in [6, 6.07) is 9.72. The van der Waals surface area contributed by atoms with Crippen LogP contribution >= 0.6 is 11.6 Å². The first-order valence-corrected chi connectivity index (χ1v) is 6.20. The van der Waals surface area contributed by atoms with Gasteiger partial charge in [-0.1, -0.05) is 23.3 Å². The van der Waals surface area contributed by atoms with Crippen molar-refractivity contribution in [3.8, 4) is 5.69 Å². The van der Waals surface area contributed by atoms with Crippen LogP contribution in [-0.2, 0) is 0 Å². The molecule has 96 valence electrons. The minimum Gasteiger partial charge on any atom is -0.346 e. The molecule has 1 aromatic carbocycles. The Bertz CT molecular complexity index is 506. The smallest absolute Gasteiger partial charge is 0.248 e. The van der Waals surface area contributed by atoms with E-state index in [1.165, 1.54) is 0 Å². The molecule has 1 atom stereocenters. The summed E-state index contributed by atoms with van der Waals surface area (Å²) >= 11 is 6.14. The lowest BCUT2D eigenvalue weighted by molar-refractivity contribution is 0.547. The van der Waals surface area contributed by atoms with Gasteiger partial charge in [-0.15, -0.1) is 11.6 Å². The topological polar surface area (TPSA) is 55.6 Å². The van der Waals surface area contributed by atoms with Gasteiger partial charge in [0, 0.05) is 0 Å². The Hall–Kier alpha value is -1.62. The molecule has 0 radical (unpaired) electrons. The molecule has 0 aliphatic heterocycles. The van der Waals surface area contributed by atoms with Crippen LogP contribution in [0.1, 0.15) is 20.8 Å². The van der Waals surface area contributed by atoms with Gasteiger partial charge in [-0.05, 0) is 43.3 Å². The first-order chi connectivity index (χ1) is 8.50. The van der Waals surface area contributed by atoms with Crippen LogP contribution in [0.15, 0.2) is 30.3 Å². The van der Waals surface area contributed by atoms with E-state index in [0.717, 1.165) is 5.69 Å². The zero-order valence-electron chi connectivity index (χ0n) is 10.6. The molecule has 0 amide bonds. The molecule has 1 N–H and O–H groups in total. The van der Waals surface area contributed by atoms with Crippen molar-refractivity contribution in [2.24, 2.45) is 0 Å². The van der Waals surface area contributed by atoms with Crippen molar-refractivity contribution >= 4 is 17.5 Å². The van der Waals surface area contributed by atoms with Crippen molar-refractivity contribution < 1.29 is 0 Å². The Balaban J connectivity index is 2.30. The van der Waals surface area contributed by atoms with Crippen LogP contribution in [0.25, 0.3) is 5.69 Å². The van der Waals surface area contributed by atoms with Gasteiger partial charge in [0.05, 0.1) is 16.6 Å². The number of alkyl halides is 1. The van der Waals surface area contributed by atoms with Crippen LogP contribution < -0.4 is 5.32 Å². The Morgan fingerprint density at radius 1 is 1.28 bits per heavy atom. The molecule has 0 aliphatic carbocycles. The summed E-state index contributed by atoms with van der Waals surface area (Å²) in [7, 11) is 0. The maximum Gasteiger partial charge on any atom is 0.248 e. The fourth-order valence-corrected chi connectivity index (χ4v) is 1.45. The zero-order chi connectivity index (χ0) is 13.2. The van der Waals surface area contributed by atoms with Gasteiger partial charge in [0.1, 0.15) is 0 Å². The van der Waals surface area contributed by atoms with Gasteiger partial charge in [-0.3, -0.25) is 0 Å². The second-order valence-electron chi connectivity index (χ2n) is 4.71. The molecule has 0 fully saturated rings. The lowest BCUT2D eigenvalue weighted by Crippen LogP contribution is -2.40. The number of nitrogens with zero attached hydrogens (tertiary/aromatic N) is 4. The number of tetrazole rings is 1. The van der Waals surface area contributed by atoms with E-state index in [9.17, 15) is 0 Å². The predicted octanol–water partition coefficient (Wildman–Crippen LogP) is 2.48. The maximum absolute atomic E-state index is 6.14. The number of hydrogen-bond donors (Lipinski definition) is 1. The lowest BCUT2D eigenvalue weighted by Gasteiger charge is -2.28. The molecule has 0 aliphatic rings. The zero-order valence-corrected chi connectivity index (χ0v) is 11.4. The summed E-state index contributed by atoms with van der Waals surface area (Å²) in [4.78, 5) is 0. The minimum absolute atomic E-state index is 0.0570. The predicted molar refractivity (Wildman–Crippen MR) is 72.2 cm³/mol. The molecular weight excluding hydrogens is 250 g/mol. The normalized spacial score (nSPS) is 13.3. The third-order valence-corrected chi connectivity index (χ3v) is 3.44. The molecule has 5 nitrogen and oxygen atoms in total. The van der Waals surface area contributed by atoms with Crippen LogP contribution in [0, 0.1) is 0 Å². The molecule has 0 saturated carbocycles. The summed E-state index contributed by atoms with van der Waals surface area (Å²) in [6.45, 7) is 5.95. The van der Waals surface area contributed by atoms with Gasteiger partial charge in [0.2, 0.25) is 5.95 Å². The monoisotopic (exact) mass is 265 g/mol. The first-order valence-electron chi connectivity index (χ1n) is 5.77. The Morgan fingerprint density at radius 2 is 1.94 bits per heavy atom. The van der Waals surface area contributed by atoms with Crippen LogP contribution in [0.3, 0.4) is 0 Å². The molecule has 2 aromatic rings. The molecule has 2 rings (SSSR count). The highest BCUT2D eigenvalue weighted by Crippen LogP contribution is 2.21. The first kappa shape index (κ1) is 12.8. The molecule has 0 spiro atoms. The van der Waals surface area contributed by atoms with E-state index in [1.807, 2.05) is 51.1 Å². The van der Waals surface area contributed by atoms with E-state index in [0.29, 0.717) is 5.95 Å². The van der Waals surface area contributed by atoms with Gasteiger partial charge in [-0.25, -0.2) is 0 Å². The summed E-state index contributed by atoms with van der Waals surface area (Å²) in [5, 5.41) is 14.9. The second-order valence-corrected chi connectivity index (χ2v) is 5.37. The minimum atomic E-state index is -0.303. The third-order valence-electron chi connectivity index (χ3n) is 2.90. The van der Waals surface area contributed by atoms with Gasteiger partial charge in [0.15, 0.2) is 0 Å². The standard InChI is InChI=1S/C12H16ClN5/c1-9(13)12(2,3)14-11-15-16-17-18(11)10-7-5-4-6-8-10/h4-9H,1-3H3,(H,14,15,17). The van der Waals surface area contributed by atoms with Crippen LogP contribution in [0.5, 0.6) is 0 Å². The van der Waals surface area contributed by atoms with Crippen molar-refractivity contribution in [2.75, 3.05) is 5.32 Å². The molecule has 0 saturated heterocycles. The summed E-state index contributed by atoms with van der Waals surface area (Å²) in [5.41, 5.74) is 0.603. The van der Waals surface area contributed by atoms with Crippen LogP contribution in [0.4, 0.5) is 5.95 Å². The van der Waals surface area contributed by atoms with E-state index < -0.39 is 0 Å². The number of para-hydroxylation sites is 1. The highest BCUT2D eigenvalue weighted by Gasteiger charge is 2.26. The van der Waals surface area contributed by atoms with Crippen LogP contribution in [-0.4, -0.2) is 31.1 Å². The number of benzene rings is 1.